The molecule has 3 rings (SSSR count). The van der Waals surface area contributed by atoms with Gasteiger partial charge in [-0.1, -0.05) is 0 Å². The van der Waals surface area contributed by atoms with Gasteiger partial charge in [0.25, 0.3) is 11.8 Å². The van der Waals surface area contributed by atoms with E-state index in [1.807, 2.05) is 6.07 Å². The fourth-order valence-corrected chi connectivity index (χ4v) is 2.79. The third-order valence-corrected chi connectivity index (χ3v) is 4.41. The number of carbonyl (C=O) groups is 2. The molecule has 10 nitrogen and oxygen atoms in total. The summed E-state index contributed by atoms with van der Waals surface area (Å²) in [4.78, 5) is 35.5. The summed E-state index contributed by atoms with van der Waals surface area (Å²) in [6.45, 7) is 5.79. The number of aromatic nitrogens is 4. The van der Waals surface area contributed by atoms with Crippen molar-refractivity contribution in [3.8, 4) is 5.75 Å². The quantitative estimate of drug-likeness (QED) is 0.522. The highest BCUT2D eigenvalue weighted by atomic mass is 16.5. The van der Waals surface area contributed by atoms with Crippen molar-refractivity contribution in [2.75, 3.05) is 35.7 Å². The Balaban J connectivity index is 1.69. The van der Waals surface area contributed by atoms with Crippen molar-refractivity contribution < 1.29 is 14.3 Å². The number of anilines is 3. The Labute approximate surface area is 173 Å². The molecule has 3 aromatic rings. The van der Waals surface area contributed by atoms with Crippen LogP contribution in [0.2, 0.25) is 0 Å². The normalized spacial score (nSPS) is 10.4. The molecule has 30 heavy (non-hydrogen) atoms. The van der Waals surface area contributed by atoms with Crippen molar-refractivity contribution >= 4 is 29.0 Å². The summed E-state index contributed by atoms with van der Waals surface area (Å²) in [7, 11) is 1.49. The van der Waals surface area contributed by atoms with Crippen LogP contribution < -0.4 is 20.3 Å². The van der Waals surface area contributed by atoms with Crippen molar-refractivity contribution in [1.29, 1.82) is 0 Å². The molecule has 0 fully saturated rings. The molecule has 2 amide bonds. The molecule has 0 aromatic carbocycles. The van der Waals surface area contributed by atoms with E-state index in [-0.39, 0.29) is 16.9 Å². The lowest BCUT2D eigenvalue weighted by Gasteiger charge is -2.19. The van der Waals surface area contributed by atoms with Crippen LogP contribution in [0.5, 0.6) is 5.75 Å². The number of amides is 2. The van der Waals surface area contributed by atoms with E-state index in [1.54, 1.807) is 18.3 Å². The Hall–Kier alpha value is -3.95. The van der Waals surface area contributed by atoms with E-state index in [2.05, 4.69) is 49.5 Å². The zero-order valence-corrected chi connectivity index (χ0v) is 17.0. The number of rotatable bonds is 8. The number of methoxy groups -OCH3 is 1. The summed E-state index contributed by atoms with van der Waals surface area (Å²) in [6, 6.07) is 5.16. The molecule has 3 N–H and O–H groups in total. The summed E-state index contributed by atoms with van der Waals surface area (Å²) >= 11 is 0. The molecule has 3 aromatic heterocycles. The number of nitrogens with zero attached hydrogens (tertiary/aromatic N) is 4. The van der Waals surface area contributed by atoms with Gasteiger partial charge in [-0.2, -0.15) is 5.10 Å². The van der Waals surface area contributed by atoms with Gasteiger partial charge in [0.2, 0.25) is 0 Å². The topological polar surface area (TPSA) is 125 Å². The highest BCUT2D eigenvalue weighted by molar-refractivity contribution is 6.11. The molecule has 0 aliphatic heterocycles. The van der Waals surface area contributed by atoms with Crippen molar-refractivity contribution in [2.45, 2.75) is 13.8 Å². The van der Waals surface area contributed by atoms with Crippen LogP contribution in [0.25, 0.3) is 0 Å². The summed E-state index contributed by atoms with van der Waals surface area (Å²) in [5.41, 5.74) is 1.10. The first-order chi connectivity index (χ1) is 14.5. The minimum absolute atomic E-state index is 0.0482. The van der Waals surface area contributed by atoms with Crippen LogP contribution in [-0.2, 0) is 0 Å². The highest BCUT2D eigenvalue weighted by Crippen LogP contribution is 2.18. The van der Waals surface area contributed by atoms with Gasteiger partial charge in [0.1, 0.15) is 11.6 Å². The Kier molecular flexibility index (Phi) is 6.58. The molecule has 156 valence electrons. The fraction of sp³-hybridized carbons (Fsp3) is 0.250. The zero-order valence-electron chi connectivity index (χ0n) is 17.0. The number of aromatic amines is 1. The lowest BCUT2D eigenvalue weighted by Crippen LogP contribution is -2.23. The minimum Gasteiger partial charge on any atom is -0.495 e. The number of hydrogen-bond donors (Lipinski definition) is 3. The molecule has 0 spiro atoms. The van der Waals surface area contributed by atoms with Gasteiger partial charge in [-0.05, 0) is 32.0 Å². The van der Waals surface area contributed by atoms with Gasteiger partial charge in [0.15, 0.2) is 5.69 Å². The molecule has 0 bridgehead atoms. The van der Waals surface area contributed by atoms with E-state index in [0.29, 0.717) is 11.4 Å². The van der Waals surface area contributed by atoms with Gasteiger partial charge in [-0.15, -0.1) is 0 Å². The number of nitrogens with one attached hydrogen (secondary N) is 3. The number of hydrogen-bond acceptors (Lipinski definition) is 7. The molecule has 0 unspecified atom stereocenters. The van der Waals surface area contributed by atoms with Crippen molar-refractivity contribution in [3.63, 3.8) is 0 Å². The third kappa shape index (κ3) is 4.72. The highest BCUT2D eigenvalue weighted by Gasteiger charge is 2.18. The first kappa shape index (κ1) is 20.8. The third-order valence-electron chi connectivity index (χ3n) is 4.41. The summed E-state index contributed by atoms with van der Waals surface area (Å²) in [5, 5.41) is 11.9. The summed E-state index contributed by atoms with van der Waals surface area (Å²) in [5.74, 6) is 0.362. The SMILES string of the molecule is CCN(CC)c1ccc(NC(=O)c2n[nH]cc2NC(=O)c2cncc(OC)c2)cn1. The van der Waals surface area contributed by atoms with E-state index in [0.717, 1.165) is 18.9 Å². The van der Waals surface area contributed by atoms with Gasteiger partial charge >= 0.3 is 0 Å². The fourth-order valence-electron chi connectivity index (χ4n) is 2.79. The standard InChI is InChI=1S/C20H23N7O3/c1-4-27(5-2)17-7-6-14(10-22-17)24-20(29)18-16(12-23-26-18)25-19(28)13-8-15(30-3)11-21-9-13/h6-12H,4-5H2,1-3H3,(H,23,26)(H,24,29)(H,25,28). The average molecular weight is 409 g/mol. The molecule has 0 radical (unpaired) electrons. The Morgan fingerprint density at radius 3 is 2.57 bits per heavy atom. The molecule has 0 saturated heterocycles. The van der Waals surface area contributed by atoms with Crippen molar-refractivity contribution in [3.05, 3.63) is 54.2 Å². The van der Waals surface area contributed by atoms with Gasteiger partial charge < -0.3 is 20.3 Å². The summed E-state index contributed by atoms with van der Waals surface area (Å²) in [6.07, 6.45) is 5.91. The van der Waals surface area contributed by atoms with Gasteiger partial charge in [0, 0.05) is 25.5 Å². The maximum absolute atomic E-state index is 12.6. The van der Waals surface area contributed by atoms with E-state index in [1.165, 1.54) is 25.7 Å². The molecular formula is C20H23N7O3. The van der Waals surface area contributed by atoms with E-state index in [9.17, 15) is 9.59 Å². The summed E-state index contributed by atoms with van der Waals surface area (Å²) < 4.78 is 5.07. The predicted molar refractivity (Wildman–Crippen MR) is 113 cm³/mol. The zero-order chi connectivity index (χ0) is 21.5. The monoisotopic (exact) mass is 409 g/mol. The maximum Gasteiger partial charge on any atom is 0.278 e. The molecule has 3 heterocycles. The smallest absolute Gasteiger partial charge is 0.278 e. The molecule has 10 heteroatoms. The Morgan fingerprint density at radius 1 is 1.10 bits per heavy atom. The Bertz CT molecular complexity index is 1010. The second-order valence-electron chi connectivity index (χ2n) is 6.25. The van der Waals surface area contributed by atoms with Crippen molar-refractivity contribution in [1.82, 2.24) is 20.2 Å². The van der Waals surface area contributed by atoms with Crippen LogP contribution in [0.4, 0.5) is 17.2 Å². The van der Waals surface area contributed by atoms with Gasteiger partial charge in [-0.25, -0.2) is 4.98 Å². The first-order valence-electron chi connectivity index (χ1n) is 9.42. The second kappa shape index (κ2) is 9.50. The van der Waals surface area contributed by atoms with E-state index < -0.39 is 11.8 Å². The lowest BCUT2D eigenvalue weighted by molar-refractivity contribution is 0.102. The maximum atomic E-state index is 12.6. The average Bonchev–Trinajstić information content (AvgIpc) is 3.24. The molecule has 0 saturated carbocycles. The largest absolute Gasteiger partial charge is 0.495 e. The van der Waals surface area contributed by atoms with Crippen molar-refractivity contribution in [2.24, 2.45) is 0 Å². The number of carbonyl (C=O) groups excluding carboxylic acids is 2. The van der Waals surface area contributed by atoms with Crippen LogP contribution in [0.1, 0.15) is 34.7 Å². The lowest BCUT2D eigenvalue weighted by atomic mass is 10.2. The predicted octanol–water partition coefficient (Wildman–Crippen LogP) is 2.56. The van der Waals surface area contributed by atoms with E-state index >= 15 is 0 Å². The van der Waals surface area contributed by atoms with Crippen LogP contribution in [0.15, 0.2) is 43.0 Å². The van der Waals surface area contributed by atoms with E-state index in [4.69, 9.17) is 4.74 Å². The van der Waals surface area contributed by atoms with Crippen LogP contribution in [0.3, 0.4) is 0 Å². The van der Waals surface area contributed by atoms with Crippen LogP contribution in [-0.4, -0.2) is 52.2 Å². The first-order valence-corrected chi connectivity index (χ1v) is 9.42. The number of pyridine rings is 2. The van der Waals surface area contributed by atoms with Gasteiger partial charge in [0.05, 0.1) is 36.4 Å². The van der Waals surface area contributed by atoms with Crippen LogP contribution in [0, 0.1) is 0 Å². The molecule has 0 aliphatic rings. The molecule has 0 aliphatic carbocycles. The Morgan fingerprint density at radius 2 is 1.90 bits per heavy atom. The number of ether oxygens (including phenoxy) is 1. The molecular weight excluding hydrogens is 386 g/mol. The molecule has 0 atom stereocenters. The number of H-pyrrole nitrogens is 1. The second-order valence-corrected chi connectivity index (χ2v) is 6.25. The van der Waals surface area contributed by atoms with Crippen LogP contribution >= 0.6 is 0 Å². The van der Waals surface area contributed by atoms with Gasteiger partial charge in [-0.3, -0.25) is 19.7 Å². The minimum atomic E-state index is -0.479.